The normalized spacial score (nSPS) is 12.7. The van der Waals surface area contributed by atoms with Crippen molar-refractivity contribution < 1.29 is 35.2 Å². The topological polar surface area (TPSA) is 55.4 Å². The van der Waals surface area contributed by atoms with E-state index in [-0.39, 0.29) is 0 Å². The summed E-state index contributed by atoms with van der Waals surface area (Å²) >= 11 is 0. The van der Waals surface area contributed by atoms with Gasteiger partial charge >= 0.3 is 6.18 Å². The zero-order valence-electron chi connectivity index (χ0n) is 8.46. The van der Waals surface area contributed by atoms with Crippen molar-refractivity contribution in [1.82, 2.24) is 4.89 Å². The second-order valence-corrected chi connectivity index (χ2v) is 4.62. The van der Waals surface area contributed by atoms with Gasteiger partial charge in [0.1, 0.15) is 11.6 Å². The van der Waals surface area contributed by atoms with Gasteiger partial charge in [0.15, 0.2) is 11.5 Å². The average Bonchev–Trinajstić information content (AvgIpc) is 2.13. The molecule has 0 aliphatic carbocycles. The summed E-state index contributed by atoms with van der Waals surface area (Å²) in [4.78, 5) is 3.21. The van der Waals surface area contributed by atoms with E-state index in [1.54, 1.807) is 0 Å². The van der Waals surface area contributed by atoms with Gasteiger partial charge < -0.3 is 0 Å². The van der Waals surface area contributed by atoms with E-state index in [4.69, 9.17) is 0 Å². The van der Waals surface area contributed by atoms with Crippen molar-refractivity contribution in [2.45, 2.75) is 11.1 Å². The molecule has 0 aliphatic heterocycles. The first-order valence-corrected chi connectivity index (χ1v) is 5.76. The largest absolute Gasteiger partial charge is 0.413 e. The van der Waals surface area contributed by atoms with Gasteiger partial charge in [0, 0.05) is 0 Å². The molecule has 0 saturated heterocycles. The van der Waals surface area contributed by atoms with Crippen LogP contribution in [0, 0.1) is 11.6 Å². The number of alkyl halides is 3. The lowest BCUT2D eigenvalue weighted by molar-refractivity contribution is -0.181. The van der Waals surface area contributed by atoms with Crippen LogP contribution in [0.25, 0.3) is 0 Å². The molecule has 0 unspecified atom stereocenters. The summed E-state index contributed by atoms with van der Waals surface area (Å²) in [6.07, 6.45) is -4.78. The summed E-state index contributed by atoms with van der Waals surface area (Å²) in [6, 6.07) is 2.18. The Morgan fingerprint density at radius 3 is 2.11 bits per heavy atom. The summed E-state index contributed by atoms with van der Waals surface area (Å²) in [5.41, 5.74) is 0. The fourth-order valence-electron chi connectivity index (χ4n) is 0.970. The van der Waals surface area contributed by atoms with Crippen molar-refractivity contribution in [2.75, 3.05) is 6.61 Å². The van der Waals surface area contributed by atoms with E-state index in [1.807, 2.05) is 0 Å². The molecule has 0 aromatic heterocycles. The lowest BCUT2D eigenvalue weighted by Gasteiger charge is -2.10. The van der Waals surface area contributed by atoms with Gasteiger partial charge in [-0.05, 0) is 12.1 Å². The minimum Gasteiger partial charge on any atom is -0.277 e. The van der Waals surface area contributed by atoms with Crippen LogP contribution in [-0.4, -0.2) is 21.2 Å². The first-order valence-electron chi connectivity index (χ1n) is 4.28. The van der Waals surface area contributed by atoms with E-state index in [9.17, 15) is 30.4 Å². The Morgan fingerprint density at radius 2 is 1.67 bits per heavy atom. The molecule has 18 heavy (non-hydrogen) atoms. The Hall–Kier alpha value is -1.26. The van der Waals surface area contributed by atoms with E-state index in [0.717, 1.165) is 11.0 Å². The molecule has 1 N–H and O–H groups in total. The Labute approximate surface area is 98.4 Å². The standard InChI is InChI=1S/C8H6F5NO3S/c9-5-2-1-3-6(10)7(5)18(15,16)14-17-4-8(11,12)13/h1-3,14H,4H2. The van der Waals surface area contributed by atoms with Crippen LogP contribution in [0.3, 0.4) is 0 Å². The summed E-state index contributed by atoms with van der Waals surface area (Å²) in [7, 11) is -4.87. The van der Waals surface area contributed by atoms with Crippen LogP contribution in [0.2, 0.25) is 0 Å². The Kier molecular flexibility index (Phi) is 4.24. The minimum absolute atomic E-state index is 0.640. The number of sulfonamides is 1. The smallest absolute Gasteiger partial charge is 0.277 e. The third kappa shape index (κ3) is 3.89. The lowest BCUT2D eigenvalue weighted by atomic mass is 10.3. The molecule has 0 atom stereocenters. The predicted molar refractivity (Wildman–Crippen MR) is 48.7 cm³/mol. The maximum Gasteiger partial charge on any atom is 0.413 e. The van der Waals surface area contributed by atoms with Gasteiger partial charge in [0.2, 0.25) is 0 Å². The summed E-state index contributed by atoms with van der Waals surface area (Å²) < 4.78 is 83.7. The molecule has 1 rings (SSSR count). The minimum atomic E-state index is -4.87. The van der Waals surface area contributed by atoms with Crippen molar-refractivity contribution in [3.63, 3.8) is 0 Å². The third-order valence-corrected chi connectivity index (χ3v) is 2.86. The third-order valence-electron chi connectivity index (χ3n) is 1.59. The molecule has 1 aromatic carbocycles. The summed E-state index contributed by atoms with van der Waals surface area (Å²) in [5, 5.41) is 0. The average molecular weight is 291 g/mol. The second-order valence-electron chi connectivity index (χ2n) is 3.04. The molecule has 0 amide bonds. The van der Waals surface area contributed by atoms with Crippen LogP contribution >= 0.6 is 0 Å². The van der Waals surface area contributed by atoms with Crippen LogP contribution in [0.1, 0.15) is 0 Å². The Bertz CT molecular complexity index is 508. The SMILES string of the molecule is O=S(=O)(NOCC(F)(F)F)c1c(F)cccc1F. The van der Waals surface area contributed by atoms with Gasteiger partial charge in [0.25, 0.3) is 10.0 Å². The molecule has 0 radical (unpaired) electrons. The monoisotopic (exact) mass is 291 g/mol. The number of nitrogens with one attached hydrogen (secondary N) is 1. The fourth-order valence-corrected chi connectivity index (χ4v) is 1.92. The molecule has 0 heterocycles. The summed E-state index contributed by atoms with van der Waals surface area (Å²) in [6.45, 7) is -1.93. The highest BCUT2D eigenvalue weighted by molar-refractivity contribution is 7.89. The molecule has 102 valence electrons. The number of halogens is 5. The molecule has 0 aliphatic rings. The highest BCUT2D eigenvalue weighted by Crippen LogP contribution is 2.19. The van der Waals surface area contributed by atoms with Crippen LogP contribution < -0.4 is 4.89 Å². The zero-order valence-corrected chi connectivity index (χ0v) is 9.28. The van der Waals surface area contributed by atoms with E-state index in [0.29, 0.717) is 12.1 Å². The molecule has 10 heteroatoms. The number of hydrogen-bond acceptors (Lipinski definition) is 3. The van der Waals surface area contributed by atoms with Gasteiger partial charge in [-0.25, -0.2) is 17.2 Å². The Balaban J connectivity index is 2.88. The van der Waals surface area contributed by atoms with E-state index in [2.05, 4.69) is 4.84 Å². The van der Waals surface area contributed by atoms with Gasteiger partial charge in [-0.2, -0.15) is 13.2 Å². The van der Waals surface area contributed by atoms with Gasteiger partial charge in [-0.1, -0.05) is 11.0 Å². The number of hydrogen-bond donors (Lipinski definition) is 1. The van der Waals surface area contributed by atoms with Crippen molar-refractivity contribution in [1.29, 1.82) is 0 Å². The molecule has 0 bridgehead atoms. The first kappa shape index (κ1) is 14.8. The van der Waals surface area contributed by atoms with E-state index in [1.165, 1.54) is 0 Å². The number of benzene rings is 1. The lowest BCUT2D eigenvalue weighted by Crippen LogP contribution is -2.30. The van der Waals surface area contributed by atoms with E-state index >= 15 is 0 Å². The zero-order chi connectivity index (χ0) is 14.0. The van der Waals surface area contributed by atoms with Crippen LogP contribution in [0.15, 0.2) is 23.1 Å². The van der Waals surface area contributed by atoms with Crippen LogP contribution in [0.5, 0.6) is 0 Å². The van der Waals surface area contributed by atoms with Gasteiger partial charge in [0.05, 0.1) is 0 Å². The molecular weight excluding hydrogens is 285 g/mol. The van der Waals surface area contributed by atoms with Crippen LogP contribution in [-0.2, 0) is 14.9 Å². The van der Waals surface area contributed by atoms with Crippen molar-refractivity contribution in [2.24, 2.45) is 0 Å². The highest BCUT2D eigenvalue weighted by Gasteiger charge is 2.30. The molecular formula is C8H6F5NO3S. The molecule has 4 nitrogen and oxygen atoms in total. The van der Waals surface area contributed by atoms with Crippen molar-refractivity contribution in [3.8, 4) is 0 Å². The molecule has 0 fully saturated rings. The maximum absolute atomic E-state index is 13.1. The summed E-state index contributed by atoms with van der Waals surface area (Å²) in [5.74, 6) is -2.89. The Morgan fingerprint density at radius 1 is 1.17 bits per heavy atom. The molecule has 1 aromatic rings. The quantitative estimate of drug-likeness (QED) is 0.679. The predicted octanol–water partition coefficient (Wildman–Crippen LogP) is 1.74. The van der Waals surface area contributed by atoms with Crippen molar-refractivity contribution in [3.05, 3.63) is 29.8 Å². The van der Waals surface area contributed by atoms with Gasteiger partial charge in [-0.3, -0.25) is 4.84 Å². The fraction of sp³-hybridized carbons (Fsp3) is 0.250. The number of rotatable bonds is 4. The molecule has 0 spiro atoms. The van der Waals surface area contributed by atoms with Crippen molar-refractivity contribution >= 4 is 10.0 Å². The van der Waals surface area contributed by atoms with Crippen LogP contribution in [0.4, 0.5) is 22.0 Å². The molecule has 0 saturated carbocycles. The first-order chi connectivity index (χ1) is 8.13. The van der Waals surface area contributed by atoms with E-state index < -0.39 is 39.3 Å². The second kappa shape index (κ2) is 5.16. The maximum atomic E-state index is 13.1. The highest BCUT2D eigenvalue weighted by atomic mass is 32.2. The van der Waals surface area contributed by atoms with Gasteiger partial charge in [-0.15, -0.1) is 0 Å².